The van der Waals surface area contributed by atoms with E-state index in [-0.39, 0.29) is 18.0 Å². The lowest BCUT2D eigenvalue weighted by Crippen LogP contribution is -2.19. The summed E-state index contributed by atoms with van der Waals surface area (Å²) in [6, 6.07) is 6.44. The third kappa shape index (κ3) is 3.33. The molecule has 1 atom stereocenters. The Balaban J connectivity index is 1.80. The van der Waals surface area contributed by atoms with Crippen molar-refractivity contribution in [2.75, 3.05) is 25.1 Å². The molecular formula is C20H24N4O2S. The minimum absolute atomic E-state index is 0.113. The summed E-state index contributed by atoms with van der Waals surface area (Å²) in [6.07, 6.45) is 1.82. The number of thiazole rings is 1. The van der Waals surface area contributed by atoms with Gasteiger partial charge in [-0.05, 0) is 39.0 Å². The molecule has 1 aliphatic heterocycles. The fourth-order valence-electron chi connectivity index (χ4n) is 3.57. The van der Waals surface area contributed by atoms with E-state index in [1.807, 2.05) is 22.2 Å². The molecule has 3 heterocycles. The number of hydrogen-bond donors (Lipinski definition) is 2. The average Bonchev–Trinajstić information content (AvgIpc) is 3.28. The highest BCUT2D eigenvalue weighted by Crippen LogP contribution is 2.37. The SMILES string of the molecule is CC(Nc1ccc2c(c1)c(C1=NCCOC1)c(O)n2C(C)C)c1nccs1. The van der Waals surface area contributed by atoms with Gasteiger partial charge in [0.1, 0.15) is 5.01 Å². The molecule has 4 rings (SSSR count). The third-order valence-corrected chi connectivity index (χ3v) is 5.72. The van der Waals surface area contributed by atoms with E-state index in [0.29, 0.717) is 19.8 Å². The van der Waals surface area contributed by atoms with E-state index in [4.69, 9.17) is 4.74 Å². The van der Waals surface area contributed by atoms with Crippen molar-refractivity contribution in [2.24, 2.45) is 4.99 Å². The zero-order valence-electron chi connectivity index (χ0n) is 15.8. The van der Waals surface area contributed by atoms with Gasteiger partial charge in [0.05, 0.1) is 42.6 Å². The summed E-state index contributed by atoms with van der Waals surface area (Å²) in [7, 11) is 0. The number of anilines is 1. The number of benzene rings is 1. The van der Waals surface area contributed by atoms with Gasteiger partial charge < -0.3 is 19.7 Å². The Kier molecular flexibility index (Phi) is 4.88. The van der Waals surface area contributed by atoms with Crippen LogP contribution < -0.4 is 5.32 Å². The lowest BCUT2D eigenvalue weighted by atomic mass is 10.1. The Bertz CT molecular complexity index is 976. The molecular weight excluding hydrogens is 360 g/mol. The lowest BCUT2D eigenvalue weighted by Gasteiger charge is -2.14. The predicted molar refractivity (Wildman–Crippen MR) is 110 cm³/mol. The van der Waals surface area contributed by atoms with E-state index in [1.165, 1.54) is 0 Å². The van der Waals surface area contributed by atoms with Gasteiger partial charge in [-0.15, -0.1) is 11.3 Å². The zero-order valence-corrected chi connectivity index (χ0v) is 16.6. The highest BCUT2D eigenvalue weighted by atomic mass is 32.1. The highest BCUT2D eigenvalue weighted by molar-refractivity contribution is 7.09. The molecule has 0 amide bonds. The van der Waals surface area contributed by atoms with Gasteiger partial charge in [-0.1, -0.05) is 0 Å². The molecule has 0 saturated heterocycles. The normalized spacial score (nSPS) is 15.9. The first-order valence-corrected chi connectivity index (χ1v) is 10.1. The van der Waals surface area contributed by atoms with Crippen LogP contribution in [0.3, 0.4) is 0 Å². The van der Waals surface area contributed by atoms with Crippen molar-refractivity contribution in [3.8, 4) is 5.88 Å². The summed E-state index contributed by atoms with van der Waals surface area (Å²) in [5, 5.41) is 18.5. The molecule has 1 aromatic carbocycles. The van der Waals surface area contributed by atoms with Crippen molar-refractivity contribution < 1.29 is 9.84 Å². The third-order valence-electron chi connectivity index (χ3n) is 4.76. The smallest absolute Gasteiger partial charge is 0.201 e. The number of rotatable bonds is 5. The van der Waals surface area contributed by atoms with Crippen LogP contribution in [0.1, 0.15) is 43.4 Å². The van der Waals surface area contributed by atoms with Crippen LogP contribution >= 0.6 is 11.3 Å². The van der Waals surface area contributed by atoms with Gasteiger partial charge in [0.25, 0.3) is 0 Å². The Labute approximate surface area is 162 Å². The molecule has 3 aromatic rings. The van der Waals surface area contributed by atoms with E-state index in [2.05, 4.69) is 48.2 Å². The van der Waals surface area contributed by atoms with E-state index in [0.717, 1.165) is 32.9 Å². The number of aliphatic imine (C=N–C) groups is 1. The Morgan fingerprint density at radius 2 is 2.15 bits per heavy atom. The Morgan fingerprint density at radius 1 is 1.30 bits per heavy atom. The second-order valence-electron chi connectivity index (χ2n) is 7.01. The minimum atomic E-state index is 0.113. The van der Waals surface area contributed by atoms with Gasteiger partial charge in [0, 0.05) is 28.7 Å². The molecule has 6 nitrogen and oxygen atoms in total. The molecule has 7 heteroatoms. The number of ether oxygens (including phenoxy) is 1. The van der Waals surface area contributed by atoms with E-state index < -0.39 is 0 Å². The van der Waals surface area contributed by atoms with Gasteiger partial charge >= 0.3 is 0 Å². The van der Waals surface area contributed by atoms with Crippen molar-refractivity contribution in [3.63, 3.8) is 0 Å². The second kappa shape index (κ2) is 7.32. The monoisotopic (exact) mass is 384 g/mol. The van der Waals surface area contributed by atoms with Crippen LogP contribution in [0.5, 0.6) is 5.88 Å². The van der Waals surface area contributed by atoms with E-state index >= 15 is 0 Å². The van der Waals surface area contributed by atoms with Crippen molar-refractivity contribution >= 4 is 33.6 Å². The molecule has 0 bridgehead atoms. The zero-order chi connectivity index (χ0) is 19.0. The minimum Gasteiger partial charge on any atom is -0.494 e. The van der Waals surface area contributed by atoms with E-state index in [9.17, 15) is 5.11 Å². The van der Waals surface area contributed by atoms with Crippen LogP contribution in [0, 0.1) is 0 Å². The van der Waals surface area contributed by atoms with Crippen LogP contribution in [-0.4, -0.2) is 40.1 Å². The topological polar surface area (TPSA) is 71.7 Å². The maximum absolute atomic E-state index is 11.0. The Hall–Kier alpha value is -2.38. The molecule has 0 radical (unpaired) electrons. The predicted octanol–water partition coefficient (Wildman–Crippen LogP) is 4.38. The second-order valence-corrected chi connectivity index (χ2v) is 7.94. The number of nitrogens with zero attached hydrogens (tertiary/aromatic N) is 3. The first-order chi connectivity index (χ1) is 13.1. The first-order valence-electron chi connectivity index (χ1n) is 9.20. The molecule has 27 heavy (non-hydrogen) atoms. The Morgan fingerprint density at radius 3 is 2.81 bits per heavy atom. The number of aromatic nitrogens is 2. The number of fused-ring (bicyclic) bond motifs is 1. The van der Waals surface area contributed by atoms with Crippen LogP contribution in [0.25, 0.3) is 10.9 Å². The van der Waals surface area contributed by atoms with Crippen LogP contribution in [0.2, 0.25) is 0 Å². The molecule has 0 spiro atoms. The van der Waals surface area contributed by atoms with Crippen molar-refractivity contribution in [3.05, 3.63) is 40.3 Å². The number of nitrogens with one attached hydrogen (secondary N) is 1. The molecule has 0 saturated carbocycles. The first kappa shape index (κ1) is 18.0. The van der Waals surface area contributed by atoms with E-state index in [1.54, 1.807) is 11.3 Å². The molecule has 1 aliphatic rings. The molecule has 0 fully saturated rings. The van der Waals surface area contributed by atoms with Crippen LogP contribution in [0.15, 0.2) is 34.8 Å². The van der Waals surface area contributed by atoms with Crippen LogP contribution in [-0.2, 0) is 4.74 Å². The maximum Gasteiger partial charge on any atom is 0.201 e. The molecule has 0 aliphatic carbocycles. The van der Waals surface area contributed by atoms with Crippen molar-refractivity contribution in [1.82, 2.24) is 9.55 Å². The van der Waals surface area contributed by atoms with Crippen LogP contribution in [0.4, 0.5) is 5.69 Å². The summed E-state index contributed by atoms with van der Waals surface area (Å²) in [4.78, 5) is 8.99. The maximum atomic E-state index is 11.0. The lowest BCUT2D eigenvalue weighted by molar-refractivity contribution is 0.171. The number of hydrogen-bond acceptors (Lipinski definition) is 6. The summed E-state index contributed by atoms with van der Waals surface area (Å²) < 4.78 is 7.53. The van der Waals surface area contributed by atoms with Crippen molar-refractivity contribution in [2.45, 2.75) is 32.9 Å². The molecule has 2 N–H and O–H groups in total. The summed E-state index contributed by atoms with van der Waals surface area (Å²) in [5.74, 6) is 0.259. The largest absolute Gasteiger partial charge is 0.494 e. The molecule has 2 aromatic heterocycles. The van der Waals surface area contributed by atoms with Gasteiger partial charge in [0.15, 0.2) is 0 Å². The fraction of sp³-hybridized carbons (Fsp3) is 0.400. The van der Waals surface area contributed by atoms with Gasteiger partial charge in [-0.2, -0.15) is 0 Å². The quantitative estimate of drug-likeness (QED) is 0.685. The summed E-state index contributed by atoms with van der Waals surface area (Å²) in [6.45, 7) is 7.92. The average molecular weight is 385 g/mol. The van der Waals surface area contributed by atoms with Gasteiger partial charge in [-0.25, -0.2) is 4.98 Å². The number of aromatic hydroxyl groups is 1. The van der Waals surface area contributed by atoms with Gasteiger partial charge in [-0.3, -0.25) is 4.99 Å². The fourth-order valence-corrected chi connectivity index (χ4v) is 4.22. The summed E-state index contributed by atoms with van der Waals surface area (Å²) in [5.41, 5.74) is 3.58. The molecule has 142 valence electrons. The van der Waals surface area contributed by atoms with Gasteiger partial charge in [0.2, 0.25) is 5.88 Å². The highest BCUT2D eigenvalue weighted by Gasteiger charge is 2.24. The molecule has 1 unspecified atom stereocenters. The van der Waals surface area contributed by atoms with Crippen molar-refractivity contribution in [1.29, 1.82) is 0 Å². The summed E-state index contributed by atoms with van der Waals surface area (Å²) >= 11 is 1.64. The standard InChI is InChI=1S/C20H24N4O2S/c1-12(2)24-17-5-4-14(23-13(3)19-22-7-9-27-19)10-15(17)18(20(24)25)16-11-26-8-6-21-16/h4-5,7,9-10,12-13,23,25H,6,8,11H2,1-3H3.